The van der Waals surface area contributed by atoms with Crippen molar-refractivity contribution in [2.24, 2.45) is 0 Å². The molecule has 0 aliphatic carbocycles. The number of phosphoric acid groups is 1. The van der Waals surface area contributed by atoms with Crippen molar-refractivity contribution in [2.45, 2.75) is 71.1 Å². The van der Waals surface area contributed by atoms with Crippen molar-refractivity contribution in [3.05, 3.63) is 0 Å². The molecule has 0 saturated carbocycles. The molecule has 0 bridgehead atoms. The molecule has 0 amide bonds. The van der Waals surface area contributed by atoms with Crippen molar-refractivity contribution in [1.29, 1.82) is 0 Å². The van der Waals surface area contributed by atoms with Gasteiger partial charge in [-0.2, -0.15) is 0 Å². The summed E-state index contributed by atoms with van der Waals surface area (Å²) in [5.74, 6) is 0. The van der Waals surface area contributed by atoms with Crippen LogP contribution in [0.15, 0.2) is 0 Å². The molecule has 0 spiro atoms. The van der Waals surface area contributed by atoms with Crippen molar-refractivity contribution in [3.8, 4) is 0 Å². The molecule has 0 aromatic heterocycles. The molecular formula is C12H26Na3O8PS. The van der Waals surface area contributed by atoms with Crippen molar-refractivity contribution in [1.82, 2.24) is 0 Å². The maximum atomic E-state index is 10.1. The topological polar surface area (TPSA) is 150 Å². The van der Waals surface area contributed by atoms with Gasteiger partial charge < -0.3 is 23.8 Å². The van der Waals surface area contributed by atoms with E-state index >= 15 is 0 Å². The van der Waals surface area contributed by atoms with Crippen molar-refractivity contribution in [2.75, 3.05) is 6.61 Å². The second-order valence-corrected chi connectivity index (χ2v) is 6.87. The summed E-state index contributed by atoms with van der Waals surface area (Å²) in [7, 11) is -9.62. The molecule has 0 radical (unpaired) electrons. The standard InChI is InChI=1S/C12H26O4S.3Na.H3O4P/c1-2-3-4-5-6-7-8-9-10-11-12-16-17(13,14)15;;;;1-5(2,3)4/h2-12H2,1H3,(H,13,14,15);;;;(H3,1,2,3,4)/q;3*+1;/p-3. The minimum absolute atomic E-state index is 0. The SMILES string of the molecule is CCCCCCCCCCCCOS(=O)(=O)[O-].O=P([O-])([O-])O.[Na+].[Na+].[Na+]. The molecule has 0 fully saturated rings. The van der Waals surface area contributed by atoms with E-state index in [1.807, 2.05) is 0 Å². The first-order valence-corrected chi connectivity index (χ1v) is 10.2. The minimum atomic E-state index is -5.14. The van der Waals surface area contributed by atoms with Crippen LogP contribution in [0.2, 0.25) is 0 Å². The third-order valence-electron chi connectivity index (χ3n) is 2.73. The maximum Gasteiger partial charge on any atom is 1.00 e. The number of rotatable bonds is 12. The molecule has 25 heavy (non-hydrogen) atoms. The molecule has 0 aliphatic rings. The van der Waals surface area contributed by atoms with E-state index in [-0.39, 0.29) is 95.3 Å². The van der Waals surface area contributed by atoms with Crippen molar-refractivity contribution in [3.63, 3.8) is 0 Å². The number of hydrogen-bond acceptors (Lipinski definition) is 7. The van der Waals surface area contributed by atoms with E-state index in [0.717, 1.165) is 12.8 Å². The van der Waals surface area contributed by atoms with Crippen LogP contribution >= 0.6 is 7.82 Å². The maximum absolute atomic E-state index is 10.1. The Labute approximate surface area is 218 Å². The Balaban J connectivity index is -0.000000147. The fraction of sp³-hybridized carbons (Fsp3) is 1.00. The molecular weight excluding hydrogens is 404 g/mol. The van der Waals surface area contributed by atoms with Crippen LogP contribution in [0.1, 0.15) is 71.1 Å². The van der Waals surface area contributed by atoms with Gasteiger partial charge in [-0.3, -0.25) is 4.18 Å². The molecule has 1 N–H and O–H groups in total. The molecule has 0 heterocycles. The van der Waals surface area contributed by atoms with E-state index in [2.05, 4.69) is 11.1 Å². The van der Waals surface area contributed by atoms with Crippen LogP contribution in [0.3, 0.4) is 0 Å². The van der Waals surface area contributed by atoms with Crippen LogP contribution in [0.25, 0.3) is 0 Å². The monoisotopic (exact) mass is 430 g/mol. The molecule has 0 unspecified atom stereocenters. The zero-order chi connectivity index (χ0) is 17.5. The summed E-state index contributed by atoms with van der Waals surface area (Å²) >= 11 is 0. The summed E-state index contributed by atoms with van der Waals surface area (Å²) in [4.78, 5) is 24.3. The predicted octanol–water partition coefficient (Wildman–Crippen LogP) is -7.80. The van der Waals surface area contributed by atoms with Crippen LogP contribution in [0.5, 0.6) is 0 Å². The Hall–Kier alpha value is 2.98. The average molecular weight is 430 g/mol. The largest absolute Gasteiger partial charge is 1.00 e. The van der Waals surface area contributed by atoms with E-state index in [4.69, 9.17) is 19.2 Å². The molecule has 0 rings (SSSR count). The van der Waals surface area contributed by atoms with Gasteiger partial charge in [0.25, 0.3) is 0 Å². The summed E-state index contributed by atoms with van der Waals surface area (Å²) in [6, 6.07) is 0. The van der Waals surface area contributed by atoms with Gasteiger partial charge in [-0.25, -0.2) is 8.42 Å². The van der Waals surface area contributed by atoms with Crippen LogP contribution in [0.4, 0.5) is 0 Å². The molecule has 136 valence electrons. The fourth-order valence-corrected chi connectivity index (χ4v) is 2.07. The number of unbranched alkanes of at least 4 members (excludes halogenated alkanes) is 9. The van der Waals surface area contributed by atoms with Gasteiger partial charge >= 0.3 is 88.7 Å². The normalized spacial score (nSPS) is 10.4. The molecule has 0 saturated heterocycles. The Kier molecular flexibility index (Phi) is 38.6. The van der Waals surface area contributed by atoms with Crippen molar-refractivity contribution < 1.29 is 125 Å². The third-order valence-corrected chi connectivity index (χ3v) is 3.18. The molecule has 0 aromatic carbocycles. The zero-order valence-corrected chi connectivity index (χ0v) is 23.6. The summed E-state index contributed by atoms with van der Waals surface area (Å²) in [6.45, 7) is 2.24. The molecule has 8 nitrogen and oxygen atoms in total. The minimum Gasteiger partial charge on any atom is -0.790 e. The Morgan fingerprint density at radius 3 is 1.40 bits per heavy atom. The fourth-order valence-electron chi connectivity index (χ4n) is 1.75. The first kappa shape index (κ1) is 38.6. The third kappa shape index (κ3) is 58.4. The molecule has 0 aliphatic heterocycles. The van der Waals surface area contributed by atoms with E-state index in [1.54, 1.807) is 0 Å². The van der Waals surface area contributed by atoms with E-state index in [1.165, 1.54) is 44.9 Å². The van der Waals surface area contributed by atoms with Gasteiger partial charge in [0.1, 0.15) is 0 Å². The summed E-state index contributed by atoms with van der Waals surface area (Å²) < 4.78 is 43.1. The molecule has 13 heteroatoms. The van der Waals surface area contributed by atoms with Gasteiger partial charge in [0, 0.05) is 0 Å². The molecule has 0 aromatic rings. The van der Waals surface area contributed by atoms with E-state index < -0.39 is 18.2 Å². The van der Waals surface area contributed by atoms with Gasteiger partial charge in [-0.15, -0.1) is 0 Å². The summed E-state index contributed by atoms with van der Waals surface area (Å²) in [5, 5.41) is 0. The quantitative estimate of drug-likeness (QED) is 0.105. The van der Waals surface area contributed by atoms with Crippen LogP contribution in [-0.4, -0.2) is 24.5 Å². The summed E-state index contributed by atoms with van der Waals surface area (Å²) in [5.41, 5.74) is 0. The van der Waals surface area contributed by atoms with E-state index in [0.29, 0.717) is 6.42 Å². The zero-order valence-electron chi connectivity index (χ0n) is 15.9. The van der Waals surface area contributed by atoms with E-state index in [9.17, 15) is 13.0 Å². The first-order chi connectivity index (χ1) is 10.1. The Morgan fingerprint density at radius 1 is 0.840 bits per heavy atom. The smallest absolute Gasteiger partial charge is 0.790 e. The van der Waals surface area contributed by atoms with Gasteiger partial charge in [0.2, 0.25) is 10.4 Å². The van der Waals surface area contributed by atoms with Crippen LogP contribution in [-0.2, 0) is 19.1 Å². The Morgan fingerprint density at radius 2 is 1.12 bits per heavy atom. The van der Waals surface area contributed by atoms with Crippen LogP contribution in [0, 0.1) is 0 Å². The second kappa shape index (κ2) is 25.0. The van der Waals surface area contributed by atoms with Gasteiger partial charge in [0.15, 0.2) is 0 Å². The predicted molar refractivity (Wildman–Crippen MR) is 77.3 cm³/mol. The van der Waals surface area contributed by atoms with Gasteiger partial charge in [-0.05, 0) is 6.42 Å². The summed E-state index contributed by atoms with van der Waals surface area (Å²) in [6.07, 6.45) is 11.7. The Bertz CT molecular complexity index is 384. The number of hydrogen-bond donors (Lipinski definition) is 1. The van der Waals surface area contributed by atoms with Crippen molar-refractivity contribution >= 4 is 18.2 Å². The molecule has 0 atom stereocenters. The average Bonchev–Trinajstić information content (AvgIpc) is 2.32. The van der Waals surface area contributed by atoms with Gasteiger partial charge in [-0.1, -0.05) is 64.7 Å². The van der Waals surface area contributed by atoms with Crippen LogP contribution < -0.4 is 98.5 Å². The first-order valence-electron chi connectivity index (χ1n) is 7.41. The second-order valence-electron chi connectivity index (χ2n) is 4.88. The van der Waals surface area contributed by atoms with Gasteiger partial charge in [0.05, 0.1) is 14.4 Å².